The first-order valence-electron chi connectivity index (χ1n) is 10.1. The molecule has 3 aromatic carbocycles. The number of nitrogens with one attached hydrogen (secondary N) is 2. The molecule has 156 valence electrons. The third kappa shape index (κ3) is 3.85. The van der Waals surface area contributed by atoms with Crippen molar-refractivity contribution < 1.29 is 0 Å². The number of hydrogen-bond donors (Lipinski definition) is 4. The van der Waals surface area contributed by atoms with Gasteiger partial charge in [-0.2, -0.15) is 0 Å². The Balaban J connectivity index is 2.12. The number of allylic oxidation sites excluding steroid dienone is 1. The monoisotopic (exact) mass is 430 g/mol. The van der Waals surface area contributed by atoms with Crippen molar-refractivity contribution in [3.63, 3.8) is 0 Å². The minimum atomic E-state index is -0.159. The molecule has 0 saturated carbocycles. The molecule has 0 unspecified atom stereocenters. The highest BCUT2D eigenvalue weighted by molar-refractivity contribution is 6.30. The quantitative estimate of drug-likeness (QED) is 0.259. The number of rotatable bonds is 6. The summed E-state index contributed by atoms with van der Waals surface area (Å²) < 4.78 is 0. The highest BCUT2D eigenvalue weighted by atomic mass is 35.5. The van der Waals surface area contributed by atoms with Crippen molar-refractivity contribution in [1.29, 1.82) is 5.41 Å². The number of halogens is 1. The van der Waals surface area contributed by atoms with Crippen LogP contribution < -0.4 is 17.0 Å². The molecule has 1 aromatic heterocycles. The number of aromatic amines is 1. The first kappa shape index (κ1) is 20.8. The summed E-state index contributed by atoms with van der Waals surface area (Å²) in [6.07, 6.45) is 6.01. The molecule has 0 aliphatic rings. The zero-order valence-corrected chi connectivity index (χ0v) is 17.7. The van der Waals surface area contributed by atoms with Crippen molar-refractivity contribution in [2.24, 2.45) is 11.5 Å². The van der Waals surface area contributed by atoms with Gasteiger partial charge in [-0.25, -0.2) is 0 Å². The molecule has 0 atom stereocenters. The van der Waals surface area contributed by atoms with Crippen LogP contribution in [0.4, 0.5) is 0 Å². The smallest absolute Gasteiger partial charge is 0.256 e. The molecule has 4 aromatic rings. The van der Waals surface area contributed by atoms with Crippen LogP contribution in [0.15, 0.2) is 65.7 Å². The van der Waals surface area contributed by atoms with Gasteiger partial charge in [0.05, 0.1) is 5.39 Å². The summed E-state index contributed by atoms with van der Waals surface area (Å²) in [7, 11) is 0. The summed E-state index contributed by atoms with van der Waals surface area (Å²) in [4.78, 5) is 15.9. The summed E-state index contributed by atoms with van der Waals surface area (Å²) >= 11 is 6.07. The van der Waals surface area contributed by atoms with Gasteiger partial charge in [-0.15, -0.1) is 0 Å². The molecule has 0 bridgehead atoms. The maximum absolute atomic E-state index is 13.0. The van der Waals surface area contributed by atoms with Gasteiger partial charge in [0.15, 0.2) is 0 Å². The van der Waals surface area contributed by atoms with E-state index in [1.165, 1.54) is 12.4 Å². The molecule has 0 radical (unpaired) electrons. The molecule has 0 spiro atoms. The molecule has 6 heteroatoms. The third-order valence-corrected chi connectivity index (χ3v) is 5.81. The highest BCUT2D eigenvalue weighted by Crippen LogP contribution is 2.35. The number of aromatic nitrogens is 1. The van der Waals surface area contributed by atoms with E-state index in [9.17, 15) is 4.79 Å². The highest BCUT2D eigenvalue weighted by Gasteiger charge is 2.15. The van der Waals surface area contributed by atoms with Crippen molar-refractivity contribution in [3.05, 3.63) is 87.4 Å². The summed E-state index contributed by atoms with van der Waals surface area (Å²) in [6.45, 7) is 0.588. The fourth-order valence-electron chi connectivity index (χ4n) is 4.02. The molecule has 0 saturated heterocycles. The molecule has 0 aliphatic carbocycles. The lowest BCUT2D eigenvalue weighted by atomic mass is 9.90. The Labute approximate surface area is 184 Å². The van der Waals surface area contributed by atoms with Crippen LogP contribution in [0.2, 0.25) is 5.02 Å². The van der Waals surface area contributed by atoms with Crippen LogP contribution in [-0.2, 0) is 6.42 Å². The second-order valence-corrected chi connectivity index (χ2v) is 7.85. The summed E-state index contributed by atoms with van der Waals surface area (Å²) in [5.74, 6) is 0. The Morgan fingerprint density at radius 2 is 1.84 bits per heavy atom. The van der Waals surface area contributed by atoms with E-state index < -0.39 is 0 Å². The lowest BCUT2D eigenvalue weighted by Crippen LogP contribution is -2.08. The Bertz CT molecular complexity index is 1370. The molecule has 1 heterocycles. The summed E-state index contributed by atoms with van der Waals surface area (Å²) in [6, 6.07) is 15.5. The van der Waals surface area contributed by atoms with Crippen LogP contribution in [0.25, 0.3) is 38.2 Å². The van der Waals surface area contributed by atoms with Gasteiger partial charge < -0.3 is 21.9 Å². The third-order valence-electron chi connectivity index (χ3n) is 5.56. The Kier molecular flexibility index (Phi) is 5.89. The number of hydrogen-bond acceptors (Lipinski definition) is 4. The van der Waals surface area contributed by atoms with Crippen molar-refractivity contribution in [2.45, 2.75) is 12.8 Å². The Hall–Kier alpha value is -3.41. The van der Waals surface area contributed by atoms with Gasteiger partial charge in [0.2, 0.25) is 0 Å². The normalized spacial score (nSPS) is 11.9. The largest absolute Gasteiger partial charge is 0.404 e. The van der Waals surface area contributed by atoms with Crippen molar-refractivity contribution in [1.82, 2.24) is 4.98 Å². The number of benzene rings is 3. The van der Waals surface area contributed by atoms with Gasteiger partial charge in [0, 0.05) is 34.8 Å². The van der Waals surface area contributed by atoms with Gasteiger partial charge in [-0.3, -0.25) is 4.79 Å². The van der Waals surface area contributed by atoms with Gasteiger partial charge >= 0.3 is 0 Å². The lowest BCUT2D eigenvalue weighted by Gasteiger charge is -2.14. The van der Waals surface area contributed by atoms with Gasteiger partial charge in [0.1, 0.15) is 0 Å². The van der Waals surface area contributed by atoms with Gasteiger partial charge in [-0.1, -0.05) is 35.9 Å². The number of H-pyrrole nitrogens is 1. The van der Waals surface area contributed by atoms with Crippen LogP contribution >= 0.6 is 11.6 Å². The fraction of sp³-hybridized carbons (Fsp3) is 0.120. The summed E-state index contributed by atoms with van der Waals surface area (Å²) in [5.41, 5.74) is 15.7. The first-order chi connectivity index (χ1) is 15.1. The topological polar surface area (TPSA) is 109 Å². The number of pyridine rings is 1. The predicted octanol–water partition coefficient (Wildman–Crippen LogP) is 4.84. The lowest BCUT2D eigenvalue weighted by molar-refractivity contribution is 0.838. The molecule has 0 aliphatic heterocycles. The SMILES string of the molecule is N=C/C(=C\N)c1ccc2c(CCCN)cc3c(-c4ccc(Cl)cc4)c[nH]c(=O)c3c2c1. The second-order valence-electron chi connectivity index (χ2n) is 7.42. The minimum Gasteiger partial charge on any atom is -0.404 e. The molecular formula is C25H23ClN4O. The van der Waals surface area contributed by atoms with E-state index in [1.807, 2.05) is 42.5 Å². The number of aryl methyl sites for hydroxylation is 1. The van der Waals surface area contributed by atoms with Crippen molar-refractivity contribution >= 4 is 44.9 Å². The van der Waals surface area contributed by atoms with Crippen LogP contribution in [0.1, 0.15) is 17.5 Å². The van der Waals surface area contributed by atoms with Crippen molar-refractivity contribution in [3.8, 4) is 11.1 Å². The van der Waals surface area contributed by atoms with Gasteiger partial charge in [0.25, 0.3) is 5.56 Å². The van der Waals surface area contributed by atoms with E-state index in [1.54, 1.807) is 6.20 Å². The molecule has 6 N–H and O–H groups in total. The number of nitrogens with two attached hydrogens (primary N) is 2. The molecule has 4 rings (SSSR count). The first-order valence-corrected chi connectivity index (χ1v) is 10.4. The Morgan fingerprint density at radius 3 is 2.52 bits per heavy atom. The Morgan fingerprint density at radius 1 is 1.06 bits per heavy atom. The van der Waals surface area contributed by atoms with Crippen LogP contribution in [0, 0.1) is 5.41 Å². The van der Waals surface area contributed by atoms with Crippen LogP contribution in [-0.4, -0.2) is 17.7 Å². The average molecular weight is 431 g/mol. The van der Waals surface area contributed by atoms with E-state index in [4.69, 9.17) is 28.5 Å². The van der Waals surface area contributed by atoms with Crippen molar-refractivity contribution in [2.75, 3.05) is 6.54 Å². The molecule has 5 nitrogen and oxygen atoms in total. The zero-order valence-electron chi connectivity index (χ0n) is 16.9. The van der Waals surface area contributed by atoms with E-state index in [0.717, 1.165) is 51.3 Å². The van der Waals surface area contributed by atoms with E-state index >= 15 is 0 Å². The van der Waals surface area contributed by atoms with E-state index in [-0.39, 0.29) is 5.56 Å². The van der Waals surface area contributed by atoms with E-state index in [2.05, 4.69) is 11.1 Å². The standard InChI is InChI=1S/C25H23ClN4O/c26-19-6-3-15(4-7-19)23-14-30-25(31)24-21-10-16(18(12-28)13-29)5-8-20(21)17(2-1-9-27)11-22(23)24/h3-8,10-14,28H,1-2,9,27,29H2,(H,30,31)/b18-13+,28-12?. The van der Waals surface area contributed by atoms with E-state index in [0.29, 0.717) is 22.5 Å². The fourth-order valence-corrected chi connectivity index (χ4v) is 4.15. The van der Waals surface area contributed by atoms with Crippen LogP contribution in [0.3, 0.4) is 0 Å². The minimum absolute atomic E-state index is 0.159. The molecule has 31 heavy (non-hydrogen) atoms. The maximum atomic E-state index is 13.0. The predicted molar refractivity (Wildman–Crippen MR) is 131 cm³/mol. The number of fused-ring (bicyclic) bond motifs is 3. The molecule has 0 fully saturated rings. The molecule has 0 amide bonds. The average Bonchev–Trinajstić information content (AvgIpc) is 2.79. The summed E-state index contributed by atoms with van der Waals surface area (Å²) in [5, 5.41) is 11.6. The second kappa shape index (κ2) is 8.76. The van der Waals surface area contributed by atoms with Gasteiger partial charge in [-0.05, 0) is 76.5 Å². The van der Waals surface area contributed by atoms with Crippen LogP contribution in [0.5, 0.6) is 0 Å². The molecular weight excluding hydrogens is 408 g/mol. The zero-order chi connectivity index (χ0) is 22.0. The maximum Gasteiger partial charge on any atom is 0.256 e.